The highest BCUT2D eigenvalue weighted by Gasteiger charge is 2.10. The first-order chi connectivity index (χ1) is 7.54. The molecule has 88 valence electrons. The third-order valence-corrected chi connectivity index (χ3v) is 2.94. The lowest BCUT2D eigenvalue weighted by Gasteiger charge is -2.12. The number of hydrogen-bond donors (Lipinski definition) is 1. The molecule has 1 N–H and O–H groups in total. The first-order valence-electron chi connectivity index (χ1n) is 5.85. The molecular formula is C14H21NO. The van der Waals surface area contributed by atoms with Gasteiger partial charge in [0, 0.05) is 13.5 Å². The molecule has 1 amide bonds. The lowest BCUT2D eigenvalue weighted by atomic mass is 9.94. The van der Waals surface area contributed by atoms with E-state index in [2.05, 4.69) is 50.4 Å². The lowest BCUT2D eigenvalue weighted by molar-refractivity contribution is -0.120. The molecule has 0 radical (unpaired) electrons. The molecule has 0 aromatic heterocycles. The quantitative estimate of drug-likeness (QED) is 0.828. The Morgan fingerprint density at radius 1 is 1.12 bits per heavy atom. The monoisotopic (exact) mass is 219 g/mol. The van der Waals surface area contributed by atoms with Gasteiger partial charge in [-0.15, -0.1) is 0 Å². The molecule has 0 bridgehead atoms. The number of carbonyl (C=O) groups is 1. The Hall–Kier alpha value is -1.31. The Morgan fingerprint density at radius 3 is 2.06 bits per heavy atom. The highest BCUT2D eigenvalue weighted by Crippen LogP contribution is 2.21. The summed E-state index contributed by atoms with van der Waals surface area (Å²) in [7, 11) is 1.68. The van der Waals surface area contributed by atoms with Crippen molar-refractivity contribution in [2.45, 2.75) is 39.0 Å². The molecule has 2 nitrogen and oxygen atoms in total. The lowest BCUT2D eigenvalue weighted by Crippen LogP contribution is -2.19. The van der Waals surface area contributed by atoms with E-state index in [0.717, 1.165) is 0 Å². The minimum absolute atomic E-state index is 0.0976. The summed E-state index contributed by atoms with van der Waals surface area (Å²) in [6.45, 7) is 6.45. The fraction of sp³-hybridized carbons (Fsp3) is 0.500. The van der Waals surface area contributed by atoms with Crippen molar-refractivity contribution < 1.29 is 4.79 Å². The predicted molar refractivity (Wildman–Crippen MR) is 67.6 cm³/mol. The van der Waals surface area contributed by atoms with Crippen LogP contribution in [0.15, 0.2) is 24.3 Å². The van der Waals surface area contributed by atoms with Gasteiger partial charge >= 0.3 is 0 Å². The summed E-state index contributed by atoms with van der Waals surface area (Å²) in [5.74, 6) is 0.935. The van der Waals surface area contributed by atoms with Crippen molar-refractivity contribution in [1.82, 2.24) is 5.32 Å². The zero-order valence-electron chi connectivity index (χ0n) is 10.6. The zero-order valence-corrected chi connectivity index (χ0v) is 10.6. The van der Waals surface area contributed by atoms with E-state index in [0.29, 0.717) is 12.3 Å². The average Bonchev–Trinajstić information content (AvgIpc) is 2.28. The van der Waals surface area contributed by atoms with Crippen molar-refractivity contribution in [3.8, 4) is 0 Å². The standard InChI is InChI=1S/C14H21NO/c1-10(2)12-5-7-13(8-6-12)11(3)9-14(16)15-4/h5-8,10-11H,9H2,1-4H3,(H,15,16). The van der Waals surface area contributed by atoms with Gasteiger partial charge in [0.2, 0.25) is 5.91 Å². The summed E-state index contributed by atoms with van der Waals surface area (Å²) in [6.07, 6.45) is 0.553. The van der Waals surface area contributed by atoms with Crippen LogP contribution in [0.1, 0.15) is 50.2 Å². The molecule has 16 heavy (non-hydrogen) atoms. The molecule has 1 aromatic carbocycles. The van der Waals surface area contributed by atoms with Gasteiger partial charge in [-0.05, 0) is 23.0 Å². The molecule has 2 heteroatoms. The SMILES string of the molecule is CNC(=O)CC(C)c1ccc(C(C)C)cc1. The van der Waals surface area contributed by atoms with Gasteiger partial charge in [0.25, 0.3) is 0 Å². The minimum Gasteiger partial charge on any atom is -0.359 e. The summed E-state index contributed by atoms with van der Waals surface area (Å²) in [4.78, 5) is 11.3. The fourth-order valence-corrected chi connectivity index (χ4v) is 1.71. The van der Waals surface area contributed by atoms with Crippen LogP contribution in [-0.4, -0.2) is 13.0 Å². The molecule has 0 saturated heterocycles. The fourth-order valence-electron chi connectivity index (χ4n) is 1.71. The van der Waals surface area contributed by atoms with Crippen molar-refractivity contribution in [1.29, 1.82) is 0 Å². The Morgan fingerprint density at radius 2 is 1.62 bits per heavy atom. The van der Waals surface area contributed by atoms with Gasteiger partial charge in [0.1, 0.15) is 0 Å². The maximum atomic E-state index is 11.3. The van der Waals surface area contributed by atoms with Crippen LogP contribution in [-0.2, 0) is 4.79 Å². The van der Waals surface area contributed by atoms with Gasteiger partial charge in [0.15, 0.2) is 0 Å². The van der Waals surface area contributed by atoms with Crippen LogP contribution in [0.4, 0.5) is 0 Å². The van der Waals surface area contributed by atoms with E-state index in [1.54, 1.807) is 7.05 Å². The highest BCUT2D eigenvalue weighted by atomic mass is 16.1. The van der Waals surface area contributed by atoms with Gasteiger partial charge < -0.3 is 5.32 Å². The molecule has 1 unspecified atom stereocenters. The molecule has 0 heterocycles. The summed E-state index contributed by atoms with van der Waals surface area (Å²) in [5, 5.41) is 2.66. The molecule has 1 aromatic rings. The van der Waals surface area contributed by atoms with Crippen molar-refractivity contribution in [2.75, 3.05) is 7.05 Å². The molecule has 0 fully saturated rings. The van der Waals surface area contributed by atoms with Gasteiger partial charge in [-0.1, -0.05) is 45.0 Å². The maximum absolute atomic E-state index is 11.3. The van der Waals surface area contributed by atoms with Crippen molar-refractivity contribution >= 4 is 5.91 Å². The zero-order chi connectivity index (χ0) is 12.1. The largest absolute Gasteiger partial charge is 0.359 e. The van der Waals surface area contributed by atoms with Crippen LogP contribution in [0.25, 0.3) is 0 Å². The second-order valence-electron chi connectivity index (χ2n) is 4.60. The Balaban J connectivity index is 2.70. The summed E-state index contributed by atoms with van der Waals surface area (Å²) in [5.41, 5.74) is 2.57. The average molecular weight is 219 g/mol. The van der Waals surface area contributed by atoms with Crippen LogP contribution in [0, 0.1) is 0 Å². The van der Waals surface area contributed by atoms with Crippen molar-refractivity contribution in [2.24, 2.45) is 0 Å². The van der Waals surface area contributed by atoms with Gasteiger partial charge in [0.05, 0.1) is 0 Å². The molecule has 0 saturated carbocycles. The highest BCUT2D eigenvalue weighted by molar-refractivity contribution is 5.76. The number of benzene rings is 1. The normalized spacial score (nSPS) is 12.6. The van der Waals surface area contributed by atoms with Gasteiger partial charge in [-0.2, -0.15) is 0 Å². The Kier molecular flexibility index (Phi) is 4.53. The number of nitrogens with one attached hydrogen (secondary N) is 1. The maximum Gasteiger partial charge on any atom is 0.220 e. The predicted octanol–water partition coefficient (Wildman–Crippen LogP) is 3.05. The van der Waals surface area contributed by atoms with E-state index < -0.39 is 0 Å². The number of carbonyl (C=O) groups excluding carboxylic acids is 1. The first kappa shape index (κ1) is 12.8. The van der Waals surface area contributed by atoms with E-state index >= 15 is 0 Å². The molecule has 0 aliphatic rings. The van der Waals surface area contributed by atoms with E-state index in [1.807, 2.05) is 0 Å². The smallest absolute Gasteiger partial charge is 0.220 e. The van der Waals surface area contributed by atoms with Crippen LogP contribution in [0.5, 0.6) is 0 Å². The Labute approximate surface area is 98.1 Å². The molecule has 1 rings (SSSR count). The Bertz CT molecular complexity index is 340. The van der Waals surface area contributed by atoms with E-state index in [4.69, 9.17) is 0 Å². The second kappa shape index (κ2) is 5.69. The van der Waals surface area contributed by atoms with Crippen LogP contribution >= 0.6 is 0 Å². The molecule has 0 aliphatic carbocycles. The third-order valence-electron chi connectivity index (χ3n) is 2.94. The van der Waals surface area contributed by atoms with Crippen LogP contribution in [0.3, 0.4) is 0 Å². The molecule has 1 atom stereocenters. The molecule has 0 aliphatic heterocycles. The van der Waals surface area contributed by atoms with Crippen molar-refractivity contribution in [3.63, 3.8) is 0 Å². The van der Waals surface area contributed by atoms with Crippen molar-refractivity contribution in [3.05, 3.63) is 35.4 Å². The minimum atomic E-state index is 0.0976. The summed E-state index contributed by atoms with van der Waals surface area (Å²) in [6, 6.07) is 8.56. The topological polar surface area (TPSA) is 29.1 Å². The second-order valence-corrected chi connectivity index (χ2v) is 4.60. The molecular weight excluding hydrogens is 198 g/mol. The number of amides is 1. The summed E-state index contributed by atoms with van der Waals surface area (Å²) < 4.78 is 0. The summed E-state index contributed by atoms with van der Waals surface area (Å²) >= 11 is 0. The number of rotatable bonds is 4. The van der Waals surface area contributed by atoms with Crippen LogP contribution in [0.2, 0.25) is 0 Å². The molecule has 0 spiro atoms. The van der Waals surface area contributed by atoms with E-state index in [-0.39, 0.29) is 11.8 Å². The van der Waals surface area contributed by atoms with E-state index in [9.17, 15) is 4.79 Å². The third kappa shape index (κ3) is 3.37. The van der Waals surface area contributed by atoms with E-state index in [1.165, 1.54) is 11.1 Å². The number of hydrogen-bond acceptors (Lipinski definition) is 1. The van der Waals surface area contributed by atoms with Gasteiger partial charge in [-0.3, -0.25) is 4.79 Å². The first-order valence-corrected chi connectivity index (χ1v) is 5.85. The van der Waals surface area contributed by atoms with Gasteiger partial charge in [-0.25, -0.2) is 0 Å². The van der Waals surface area contributed by atoms with Crippen LogP contribution < -0.4 is 5.32 Å².